The van der Waals surface area contributed by atoms with Crippen LogP contribution in [-0.4, -0.2) is 34.6 Å². The lowest BCUT2D eigenvalue weighted by Crippen LogP contribution is -2.27. The number of aliphatic imine (C=N–C) groups is 1. The Morgan fingerprint density at radius 2 is 2.25 bits per heavy atom. The third kappa shape index (κ3) is 3.87. The minimum Gasteiger partial charge on any atom is -0.301 e. The zero-order valence-corrected chi connectivity index (χ0v) is 15.4. The van der Waals surface area contributed by atoms with Crippen LogP contribution in [0.25, 0.3) is 6.08 Å². The van der Waals surface area contributed by atoms with Crippen LogP contribution in [0.2, 0.25) is 0 Å². The summed E-state index contributed by atoms with van der Waals surface area (Å²) in [5, 5.41) is 6.02. The molecule has 1 saturated heterocycles. The van der Waals surface area contributed by atoms with Gasteiger partial charge in [-0.3, -0.25) is 19.5 Å². The number of amides is 2. The van der Waals surface area contributed by atoms with Gasteiger partial charge >= 0.3 is 0 Å². The molecule has 0 bridgehead atoms. The first kappa shape index (κ1) is 17.2. The molecule has 1 N–H and O–H groups in total. The molecule has 1 aliphatic carbocycles. The van der Waals surface area contributed by atoms with Crippen LogP contribution in [-0.2, 0) is 9.59 Å². The fraction of sp³-hybridized carbons (Fsp3) is 0.500. The van der Waals surface area contributed by atoms with Gasteiger partial charge in [0.1, 0.15) is 0 Å². The van der Waals surface area contributed by atoms with Crippen molar-refractivity contribution in [1.82, 2.24) is 10.3 Å². The van der Waals surface area contributed by atoms with E-state index in [9.17, 15) is 9.59 Å². The summed E-state index contributed by atoms with van der Waals surface area (Å²) in [6.45, 7) is 4.01. The molecule has 24 heavy (non-hydrogen) atoms. The molecular formula is C16H20N4O2S2. The van der Waals surface area contributed by atoms with Crippen molar-refractivity contribution in [2.24, 2.45) is 4.99 Å². The zero-order valence-electron chi connectivity index (χ0n) is 13.7. The third-order valence-corrected chi connectivity index (χ3v) is 5.80. The first-order chi connectivity index (χ1) is 11.6. The van der Waals surface area contributed by atoms with Crippen molar-refractivity contribution in [1.29, 1.82) is 0 Å². The van der Waals surface area contributed by atoms with Gasteiger partial charge in [-0.15, -0.1) is 11.3 Å². The standard InChI is InChI=1S/C16H20N4O2S2/c1-3-20(10(2)21)16-18-12(9-23-16)8-13-14(22)19-15(24-13)17-11-6-4-5-7-11/h8-9,11H,3-7H2,1-2H3,(H,17,19,22)/b13-8+. The quantitative estimate of drug-likeness (QED) is 0.834. The highest BCUT2D eigenvalue weighted by atomic mass is 32.2. The van der Waals surface area contributed by atoms with E-state index < -0.39 is 0 Å². The molecule has 0 unspecified atom stereocenters. The molecule has 1 aromatic heterocycles. The molecule has 1 aromatic rings. The molecule has 0 aromatic carbocycles. The Balaban J connectivity index is 1.73. The van der Waals surface area contributed by atoms with E-state index >= 15 is 0 Å². The molecule has 0 atom stereocenters. The second-order valence-corrected chi connectivity index (χ2v) is 7.62. The minimum absolute atomic E-state index is 0.0370. The van der Waals surface area contributed by atoms with Crippen LogP contribution in [0.15, 0.2) is 15.3 Å². The van der Waals surface area contributed by atoms with Crippen LogP contribution in [0.1, 0.15) is 45.2 Å². The van der Waals surface area contributed by atoms with Crippen molar-refractivity contribution in [3.63, 3.8) is 0 Å². The van der Waals surface area contributed by atoms with Gasteiger partial charge < -0.3 is 5.32 Å². The highest BCUT2D eigenvalue weighted by Crippen LogP contribution is 2.30. The van der Waals surface area contributed by atoms with E-state index in [0.29, 0.717) is 33.5 Å². The maximum absolute atomic E-state index is 12.1. The lowest BCUT2D eigenvalue weighted by molar-refractivity contribution is -0.116. The van der Waals surface area contributed by atoms with Gasteiger partial charge in [0.2, 0.25) is 5.91 Å². The van der Waals surface area contributed by atoms with Gasteiger partial charge in [-0.05, 0) is 37.6 Å². The van der Waals surface area contributed by atoms with Crippen LogP contribution >= 0.6 is 23.1 Å². The molecule has 2 fully saturated rings. The van der Waals surface area contributed by atoms with Crippen molar-refractivity contribution < 1.29 is 9.59 Å². The highest BCUT2D eigenvalue weighted by Gasteiger charge is 2.26. The second-order valence-electron chi connectivity index (χ2n) is 5.76. The zero-order chi connectivity index (χ0) is 17.1. The third-order valence-electron chi connectivity index (χ3n) is 3.99. The molecular weight excluding hydrogens is 344 g/mol. The summed E-state index contributed by atoms with van der Waals surface area (Å²) >= 11 is 2.77. The minimum atomic E-state index is -0.134. The van der Waals surface area contributed by atoms with Gasteiger partial charge in [-0.1, -0.05) is 12.8 Å². The highest BCUT2D eigenvalue weighted by molar-refractivity contribution is 8.18. The number of thioether (sulfide) groups is 1. The van der Waals surface area contributed by atoms with Crippen LogP contribution in [0, 0.1) is 0 Å². The van der Waals surface area contributed by atoms with Crippen molar-refractivity contribution in [2.45, 2.75) is 45.6 Å². The average molecular weight is 364 g/mol. The summed E-state index contributed by atoms with van der Waals surface area (Å²) in [7, 11) is 0. The number of thiazole rings is 1. The number of anilines is 1. The van der Waals surface area contributed by atoms with Gasteiger partial charge in [0, 0.05) is 18.8 Å². The number of carbonyl (C=O) groups is 2. The fourth-order valence-corrected chi connectivity index (χ4v) is 4.55. The Morgan fingerprint density at radius 3 is 2.92 bits per heavy atom. The van der Waals surface area contributed by atoms with E-state index in [0.717, 1.165) is 12.8 Å². The smallest absolute Gasteiger partial charge is 0.264 e. The van der Waals surface area contributed by atoms with Crippen molar-refractivity contribution >= 4 is 51.3 Å². The monoisotopic (exact) mass is 364 g/mol. The molecule has 0 radical (unpaired) electrons. The normalized spacial score (nSPS) is 21.7. The molecule has 2 heterocycles. The number of carbonyl (C=O) groups excluding carboxylic acids is 2. The first-order valence-electron chi connectivity index (χ1n) is 8.09. The maximum atomic E-state index is 12.1. The molecule has 128 valence electrons. The number of rotatable bonds is 4. The molecule has 6 nitrogen and oxygen atoms in total. The lowest BCUT2D eigenvalue weighted by Gasteiger charge is -2.14. The van der Waals surface area contributed by atoms with E-state index in [1.54, 1.807) is 11.0 Å². The summed E-state index contributed by atoms with van der Waals surface area (Å²) < 4.78 is 0. The van der Waals surface area contributed by atoms with Gasteiger partial charge in [0.15, 0.2) is 10.3 Å². The number of hydrogen-bond donors (Lipinski definition) is 1. The van der Waals surface area contributed by atoms with E-state index in [-0.39, 0.29) is 11.8 Å². The number of amidine groups is 1. The fourth-order valence-electron chi connectivity index (χ4n) is 2.78. The summed E-state index contributed by atoms with van der Waals surface area (Å²) in [4.78, 5) is 35.0. The van der Waals surface area contributed by atoms with Crippen LogP contribution < -0.4 is 10.2 Å². The van der Waals surface area contributed by atoms with E-state index in [4.69, 9.17) is 0 Å². The summed E-state index contributed by atoms with van der Waals surface area (Å²) in [6.07, 6.45) is 6.40. The summed E-state index contributed by atoms with van der Waals surface area (Å²) in [5.74, 6) is -0.171. The topological polar surface area (TPSA) is 74.7 Å². The maximum Gasteiger partial charge on any atom is 0.264 e. The Morgan fingerprint density at radius 1 is 1.50 bits per heavy atom. The Hall–Kier alpha value is -1.67. The number of aromatic nitrogens is 1. The molecule has 8 heteroatoms. The van der Waals surface area contributed by atoms with E-state index in [1.807, 2.05) is 12.3 Å². The Labute approximate surface area is 149 Å². The van der Waals surface area contributed by atoms with Gasteiger partial charge in [-0.25, -0.2) is 4.98 Å². The predicted octanol–water partition coefficient (Wildman–Crippen LogP) is 3.02. The number of nitrogens with zero attached hydrogens (tertiary/aromatic N) is 3. The predicted molar refractivity (Wildman–Crippen MR) is 99.2 cm³/mol. The van der Waals surface area contributed by atoms with Crippen LogP contribution in [0.5, 0.6) is 0 Å². The van der Waals surface area contributed by atoms with E-state index in [1.165, 1.54) is 42.9 Å². The molecule has 2 aliphatic rings. The Kier molecular flexibility index (Phi) is 5.35. The van der Waals surface area contributed by atoms with Crippen LogP contribution in [0.4, 0.5) is 5.13 Å². The summed E-state index contributed by atoms with van der Waals surface area (Å²) in [5.41, 5.74) is 0.689. The lowest BCUT2D eigenvalue weighted by atomic mass is 10.3. The average Bonchev–Trinajstić information content (AvgIpc) is 3.24. The number of nitrogens with one attached hydrogen (secondary N) is 1. The molecule has 3 rings (SSSR count). The molecule has 1 saturated carbocycles. The van der Waals surface area contributed by atoms with Crippen molar-refractivity contribution in [2.75, 3.05) is 11.4 Å². The molecule has 0 spiro atoms. The van der Waals surface area contributed by atoms with Gasteiger partial charge in [0.25, 0.3) is 5.91 Å². The Bertz CT molecular complexity index is 705. The van der Waals surface area contributed by atoms with Gasteiger partial charge in [0.05, 0.1) is 16.6 Å². The van der Waals surface area contributed by atoms with E-state index in [2.05, 4.69) is 15.3 Å². The SMILES string of the molecule is CCN(C(C)=O)c1nc(/C=C2/SC(=NC3CCCC3)NC2=O)cs1. The first-order valence-corrected chi connectivity index (χ1v) is 9.78. The number of hydrogen-bond acceptors (Lipinski definition) is 6. The van der Waals surface area contributed by atoms with Crippen LogP contribution in [0.3, 0.4) is 0 Å². The van der Waals surface area contributed by atoms with Gasteiger partial charge in [-0.2, -0.15) is 0 Å². The largest absolute Gasteiger partial charge is 0.301 e. The molecule has 2 amide bonds. The van der Waals surface area contributed by atoms with Crippen molar-refractivity contribution in [3.8, 4) is 0 Å². The summed E-state index contributed by atoms with van der Waals surface area (Å²) in [6, 6.07) is 0.340. The van der Waals surface area contributed by atoms with Crippen molar-refractivity contribution in [3.05, 3.63) is 16.0 Å². The second kappa shape index (κ2) is 7.48. The molecule has 1 aliphatic heterocycles.